The van der Waals surface area contributed by atoms with E-state index in [1.165, 1.54) is 0 Å². The minimum absolute atomic E-state index is 0.0822. The van der Waals surface area contributed by atoms with Crippen molar-refractivity contribution in [2.45, 2.75) is 31.4 Å². The van der Waals surface area contributed by atoms with Crippen molar-refractivity contribution >= 4 is 28.9 Å². The summed E-state index contributed by atoms with van der Waals surface area (Å²) in [6, 6.07) is 7.49. The van der Waals surface area contributed by atoms with Crippen molar-refractivity contribution in [1.29, 1.82) is 0 Å². The number of rotatable bonds is 8. The van der Waals surface area contributed by atoms with Crippen LogP contribution in [0.25, 0.3) is 11.3 Å². The minimum Gasteiger partial charge on any atom is -0.493 e. The fourth-order valence-corrected chi connectivity index (χ4v) is 4.45. The molecule has 0 saturated heterocycles. The van der Waals surface area contributed by atoms with Crippen molar-refractivity contribution in [2.24, 2.45) is 0 Å². The predicted octanol–water partition coefficient (Wildman–Crippen LogP) is 4.50. The number of methoxy groups -OCH3 is 2. The molecule has 1 aliphatic heterocycles. The number of amides is 1. The molecular weight excluding hydrogens is 444 g/mol. The van der Waals surface area contributed by atoms with Crippen LogP contribution in [0.5, 0.6) is 11.5 Å². The van der Waals surface area contributed by atoms with Crippen LogP contribution >= 0.6 is 11.6 Å². The number of carbonyl (C=O) groups excluding carboxylic acids is 1. The van der Waals surface area contributed by atoms with Crippen molar-refractivity contribution in [3.05, 3.63) is 52.9 Å². The second-order valence-corrected chi connectivity index (χ2v) is 8.67. The number of hydrogen-bond acceptors (Lipinski definition) is 6. The highest BCUT2D eigenvalue weighted by Crippen LogP contribution is 2.51. The largest absolute Gasteiger partial charge is 0.493 e. The van der Waals surface area contributed by atoms with Crippen molar-refractivity contribution in [3.63, 3.8) is 0 Å². The van der Waals surface area contributed by atoms with Crippen molar-refractivity contribution in [3.8, 4) is 22.8 Å². The van der Waals surface area contributed by atoms with Gasteiger partial charge in [0.1, 0.15) is 12.4 Å². The van der Waals surface area contributed by atoms with E-state index in [0.29, 0.717) is 40.1 Å². The molecule has 1 fully saturated rings. The van der Waals surface area contributed by atoms with Gasteiger partial charge < -0.3 is 29.8 Å². The number of para-hydroxylation sites is 1. The lowest BCUT2D eigenvalue weighted by atomic mass is 10.0. The maximum absolute atomic E-state index is 13.0. The van der Waals surface area contributed by atoms with Gasteiger partial charge in [0.2, 0.25) is 0 Å². The number of fused-ring (bicyclic) bond motifs is 3. The molecule has 1 aliphatic carbocycles. The van der Waals surface area contributed by atoms with Gasteiger partial charge in [-0.25, -0.2) is 0 Å². The maximum atomic E-state index is 13.0. The first kappa shape index (κ1) is 21.6. The van der Waals surface area contributed by atoms with Gasteiger partial charge in [-0.3, -0.25) is 9.78 Å². The molecule has 9 heteroatoms. The molecule has 1 aromatic carbocycles. The molecule has 2 aromatic heterocycles. The Balaban J connectivity index is 1.63. The van der Waals surface area contributed by atoms with E-state index in [2.05, 4.69) is 20.6 Å². The SMILES string of the molecule is COc1c(Cl)cccc1Nc1c(-c2ccncc2OC[C@@H](C)OC)[nH]c2c1C(=O)N[C@@H]1C[C@H]21. The number of aromatic nitrogens is 2. The molecule has 3 aromatic rings. The molecule has 3 heterocycles. The average Bonchev–Trinajstić information content (AvgIpc) is 3.49. The Morgan fingerprint density at radius 1 is 1.30 bits per heavy atom. The number of aromatic amines is 1. The Morgan fingerprint density at radius 3 is 2.94 bits per heavy atom. The van der Waals surface area contributed by atoms with Crippen LogP contribution in [0.1, 0.15) is 35.3 Å². The second-order valence-electron chi connectivity index (χ2n) is 8.26. The van der Waals surface area contributed by atoms with Gasteiger partial charge in [-0.15, -0.1) is 0 Å². The van der Waals surface area contributed by atoms with Crippen LogP contribution < -0.4 is 20.1 Å². The lowest BCUT2D eigenvalue weighted by molar-refractivity contribution is 0.0717. The predicted molar refractivity (Wildman–Crippen MR) is 126 cm³/mol. The van der Waals surface area contributed by atoms with Crippen LogP contribution in [-0.2, 0) is 4.74 Å². The van der Waals surface area contributed by atoms with Gasteiger partial charge in [0, 0.05) is 36.5 Å². The summed E-state index contributed by atoms with van der Waals surface area (Å²) in [5.41, 5.74) is 4.35. The molecule has 1 amide bonds. The lowest BCUT2D eigenvalue weighted by Crippen LogP contribution is -2.31. The van der Waals surface area contributed by atoms with Gasteiger partial charge in [0.25, 0.3) is 5.91 Å². The molecule has 3 N–H and O–H groups in total. The van der Waals surface area contributed by atoms with E-state index in [1.54, 1.807) is 32.7 Å². The van der Waals surface area contributed by atoms with Gasteiger partial charge >= 0.3 is 0 Å². The number of carbonyl (C=O) groups is 1. The van der Waals surface area contributed by atoms with Crippen molar-refractivity contribution in [1.82, 2.24) is 15.3 Å². The van der Waals surface area contributed by atoms with E-state index in [-0.39, 0.29) is 24.0 Å². The normalized spacial score (nSPS) is 19.2. The van der Waals surface area contributed by atoms with Gasteiger partial charge in [-0.1, -0.05) is 17.7 Å². The van der Waals surface area contributed by atoms with Crippen LogP contribution in [0.15, 0.2) is 36.7 Å². The van der Waals surface area contributed by atoms with E-state index >= 15 is 0 Å². The molecule has 8 nitrogen and oxygen atoms in total. The standard InChI is InChI=1S/C24H25ClN4O4/c1-12(31-2)11-33-18-10-26-8-7-13(18)21-22(27-16-6-4-5-15(25)23(16)32-3)19-20(29-21)14-9-17(14)28-24(19)30/h4-8,10,12,14,17,27,29H,9,11H2,1-3H3,(H,28,30)/t12-,14+,17-/m1/s1. The number of pyridine rings is 1. The van der Waals surface area contributed by atoms with E-state index in [9.17, 15) is 4.79 Å². The van der Waals surface area contributed by atoms with Crippen molar-refractivity contribution < 1.29 is 19.0 Å². The number of halogens is 1. The van der Waals surface area contributed by atoms with E-state index in [1.807, 2.05) is 25.1 Å². The summed E-state index contributed by atoms with van der Waals surface area (Å²) in [6.07, 6.45) is 4.21. The summed E-state index contributed by atoms with van der Waals surface area (Å²) >= 11 is 6.35. The Morgan fingerprint density at radius 2 is 2.15 bits per heavy atom. The quantitative estimate of drug-likeness (QED) is 0.450. The highest BCUT2D eigenvalue weighted by Gasteiger charge is 2.48. The lowest BCUT2D eigenvalue weighted by Gasteiger charge is -2.18. The van der Waals surface area contributed by atoms with E-state index < -0.39 is 0 Å². The monoisotopic (exact) mass is 468 g/mol. The number of benzene rings is 1. The first-order valence-electron chi connectivity index (χ1n) is 10.8. The number of nitrogens with one attached hydrogen (secondary N) is 3. The van der Waals surface area contributed by atoms with Gasteiger partial charge in [0.15, 0.2) is 5.75 Å². The van der Waals surface area contributed by atoms with Crippen LogP contribution in [0.2, 0.25) is 5.02 Å². The Hall–Kier alpha value is -3.23. The molecule has 0 radical (unpaired) electrons. The smallest absolute Gasteiger partial charge is 0.255 e. The molecular formula is C24H25ClN4O4. The van der Waals surface area contributed by atoms with Crippen LogP contribution in [-0.4, -0.2) is 48.8 Å². The fraction of sp³-hybridized carbons (Fsp3) is 0.333. The van der Waals surface area contributed by atoms with E-state index in [0.717, 1.165) is 23.4 Å². The summed E-state index contributed by atoms with van der Waals surface area (Å²) in [5.74, 6) is 1.25. The molecule has 33 heavy (non-hydrogen) atoms. The van der Waals surface area contributed by atoms with Crippen LogP contribution in [0, 0.1) is 0 Å². The fourth-order valence-electron chi connectivity index (χ4n) is 4.20. The number of anilines is 2. The zero-order valence-corrected chi connectivity index (χ0v) is 19.3. The summed E-state index contributed by atoms with van der Waals surface area (Å²) < 4.78 is 16.9. The number of H-pyrrole nitrogens is 1. The van der Waals surface area contributed by atoms with Gasteiger partial charge in [0.05, 0.1) is 47.1 Å². The third-order valence-corrected chi connectivity index (χ3v) is 6.39. The number of ether oxygens (including phenoxy) is 3. The number of nitrogens with zero attached hydrogens (tertiary/aromatic N) is 1. The second kappa shape index (κ2) is 8.61. The topological polar surface area (TPSA) is 97.5 Å². The molecule has 2 aliphatic rings. The van der Waals surface area contributed by atoms with Crippen LogP contribution in [0.4, 0.5) is 11.4 Å². The first-order chi connectivity index (χ1) is 16.0. The average molecular weight is 469 g/mol. The summed E-state index contributed by atoms with van der Waals surface area (Å²) in [7, 11) is 3.20. The molecule has 3 atom stereocenters. The van der Waals surface area contributed by atoms with Crippen molar-refractivity contribution in [2.75, 3.05) is 26.1 Å². The zero-order valence-electron chi connectivity index (χ0n) is 18.6. The first-order valence-corrected chi connectivity index (χ1v) is 11.2. The summed E-state index contributed by atoms with van der Waals surface area (Å²) in [6.45, 7) is 2.30. The molecule has 5 rings (SSSR count). The third-order valence-electron chi connectivity index (χ3n) is 6.09. The zero-order chi connectivity index (χ0) is 23.1. The summed E-state index contributed by atoms with van der Waals surface area (Å²) in [5, 5.41) is 6.97. The molecule has 0 spiro atoms. The third kappa shape index (κ3) is 3.89. The highest BCUT2D eigenvalue weighted by molar-refractivity contribution is 6.32. The van der Waals surface area contributed by atoms with Gasteiger partial charge in [-0.2, -0.15) is 0 Å². The van der Waals surface area contributed by atoms with E-state index in [4.69, 9.17) is 25.8 Å². The Labute approximate surface area is 196 Å². The Bertz CT molecular complexity index is 1210. The molecule has 172 valence electrons. The van der Waals surface area contributed by atoms with Gasteiger partial charge in [-0.05, 0) is 31.5 Å². The molecule has 1 saturated carbocycles. The molecule has 0 unspecified atom stereocenters. The van der Waals surface area contributed by atoms with Crippen LogP contribution in [0.3, 0.4) is 0 Å². The highest BCUT2D eigenvalue weighted by atomic mass is 35.5. The Kier molecular flexibility index (Phi) is 5.64. The molecule has 0 bridgehead atoms. The number of hydrogen-bond donors (Lipinski definition) is 3. The minimum atomic E-state index is -0.112. The maximum Gasteiger partial charge on any atom is 0.255 e. The summed E-state index contributed by atoms with van der Waals surface area (Å²) in [4.78, 5) is 20.8.